The number of piperidine rings is 1. The third kappa shape index (κ3) is 4.09. The van der Waals surface area contributed by atoms with Gasteiger partial charge < -0.3 is 4.74 Å². The molecule has 2 aromatic rings. The van der Waals surface area contributed by atoms with Crippen molar-refractivity contribution in [2.45, 2.75) is 23.8 Å². The number of non-ortho nitro benzene ring substituents is 1. The van der Waals surface area contributed by atoms with Crippen LogP contribution in [0.2, 0.25) is 5.02 Å². The Morgan fingerprint density at radius 1 is 1.23 bits per heavy atom. The highest BCUT2D eigenvalue weighted by Gasteiger charge is 2.31. The molecule has 1 unspecified atom stereocenters. The molecule has 26 heavy (non-hydrogen) atoms. The Labute approximate surface area is 154 Å². The number of nitro groups is 1. The summed E-state index contributed by atoms with van der Waals surface area (Å²) in [5.41, 5.74) is -0.163. The highest BCUT2D eigenvalue weighted by atomic mass is 35.5. The monoisotopic (exact) mass is 398 g/mol. The second-order valence-corrected chi connectivity index (χ2v) is 8.05. The minimum Gasteiger partial charge on any atom is -0.459 e. The number of aromatic nitrogens is 2. The summed E-state index contributed by atoms with van der Waals surface area (Å²) < 4.78 is 32.5. The summed E-state index contributed by atoms with van der Waals surface area (Å²) in [6.07, 6.45) is 3.69. The molecule has 1 saturated heterocycles. The number of nitrogens with zero attached hydrogens (tertiary/aromatic N) is 4. The summed E-state index contributed by atoms with van der Waals surface area (Å²) in [5, 5.41) is 11.1. The van der Waals surface area contributed by atoms with Gasteiger partial charge in [-0.1, -0.05) is 11.6 Å². The molecule has 138 valence electrons. The summed E-state index contributed by atoms with van der Waals surface area (Å²) in [6, 6.07) is 4.95. The van der Waals surface area contributed by atoms with Gasteiger partial charge in [-0.2, -0.15) is 4.31 Å². The van der Waals surface area contributed by atoms with Gasteiger partial charge in [-0.25, -0.2) is 18.4 Å². The molecule has 3 rings (SSSR count). The van der Waals surface area contributed by atoms with E-state index in [2.05, 4.69) is 9.97 Å². The molecule has 0 saturated carbocycles. The average Bonchev–Trinajstić information content (AvgIpc) is 2.64. The van der Waals surface area contributed by atoms with Gasteiger partial charge in [-0.15, -0.1) is 0 Å². The van der Waals surface area contributed by atoms with Crippen LogP contribution in [0, 0.1) is 10.1 Å². The minimum atomic E-state index is -3.77. The van der Waals surface area contributed by atoms with Crippen molar-refractivity contribution < 1.29 is 18.1 Å². The molecule has 11 heteroatoms. The minimum absolute atomic E-state index is 0.00601. The van der Waals surface area contributed by atoms with E-state index in [0.29, 0.717) is 24.4 Å². The van der Waals surface area contributed by atoms with Crippen LogP contribution in [-0.4, -0.2) is 46.8 Å². The molecule has 1 atom stereocenters. The van der Waals surface area contributed by atoms with Gasteiger partial charge in [0, 0.05) is 18.7 Å². The lowest BCUT2D eigenvalue weighted by Gasteiger charge is -2.31. The lowest BCUT2D eigenvalue weighted by Crippen LogP contribution is -2.44. The Morgan fingerprint density at radius 2 is 1.88 bits per heavy atom. The maximum Gasteiger partial charge on any atom is 0.316 e. The third-order valence-corrected chi connectivity index (χ3v) is 5.97. The quantitative estimate of drug-likeness (QED) is 0.560. The van der Waals surface area contributed by atoms with Crippen LogP contribution in [0.4, 0.5) is 5.69 Å². The Kier molecular flexibility index (Phi) is 5.35. The van der Waals surface area contributed by atoms with E-state index in [1.165, 1.54) is 41.0 Å². The fourth-order valence-electron chi connectivity index (χ4n) is 2.62. The van der Waals surface area contributed by atoms with Crippen molar-refractivity contribution in [1.82, 2.24) is 14.3 Å². The standard InChI is InChI=1S/C15H15ClN4O5S/c16-11-8-17-15(18-9-11)25-13-2-1-7-19(10-13)26(23,24)14-5-3-12(4-6-14)20(21)22/h3-6,8-9,13H,1-2,7,10H2. The molecule has 1 aromatic heterocycles. The predicted molar refractivity (Wildman–Crippen MR) is 92.5 cm³/mol. The van der Waals surface area contributed by atoms with E-state index in [1.807, 2.05) is 0 Å². The molecular weight excluding hydrogens is 384 g/mol. The van der Waals surface area contributed by atoms with E-state index in [0.717, 1.165) is 0 Å². The van der Waals surface area contributed by atoms with Crippen molar-refractivity contribution >= 4 is 27.3 Å². The Balaban J connectivity index is 1.73. The molecule has 0 amide bonds. The largest absolute Gasteiger partial charge is 0.459 e. The van der Waals surface area contributed by atoms with Crippen molar-refractivity contribution in [2.75, 3.05) is 13.1 Å². The number of hydrogen-bond acceptors (Lipinski definition) is 7. The lowest BCUT2D eigenvalue weighted by molar-refractivity contribution is -0.384. The van der Waals surface area contributed by atoms with E-state index in [4.69, 9.17) is 16.3 Å². The number of sulfonamides is 1. The second-order valence-electron chi connectivity index (χ2n) is 5.68. The van der Waals surface area contributed by atoms with E-state index in [9.17, 15) is 18.5 Å². The second kappa shape index (κ2) is 7.52. The fraction of sp³-hybridized carbons (Fsp3) is 0.333. The maximum absolute atomic E-state index is 12.8. The van der Waals surface area contributed by atoms with E-state index >= 15 is 0 Å². The smallest absolute Gasteiger partial charge is 0.316 e. The zero-order chi connectivity index (χ0) is 18.7. The topological polar surface area (TPSA) is 116 Å². The number of rotatable bonds is 5. The Morgan fingerprint density at radius 3 is 2.50 bits per heavy atom. The first kappa shape index (κ1) is 18.5. The van der Waals surface area contributed by atoms with Crippen LogP contribution in [0.3, 0.4) is 0 Å². The third-order valence-electron chi connectivity index (χ3n) is 3.89. The average molecular weight is 399 g/mol. The van der Waals surface area contributed by atoms with Crippen LogP contribution < -0.4 is 4.74 Å². The number of nitro benzene ring substituents is 1. The first-order valence-electron chi connectivity index (χ1n) is 7.75. The molecule has 1 aromatic carbocycles. The van der Waals surface area contributed by atoms with Gasteiger partial charge in [-0.3, -0.25) is 10.1 Å². The summed E-state index contributed by atoms with van der Waals surface area (Å²) in [5.74, 6) is 0. The van der Waals surface area contributed by atoms with Crippen LogP contribution in [0.5, 0.6) is 6.01 Å². The molecule has 0 N–H and O–H groups in total. The first-order valence-corrected chi connectivity index (χ1v) is 9.57. The maximum atomic E-state index is 12.8. The van der Waals surface area contributed by atoms with Crippen LogP contribution in [0.25, 0.3) is 0 Å². The first-order chi connectivity index (χ1) is 12.4. The number of benzene rings is 1. The summed E-state index contributed by atoms with van der Waals surface area (Å²) in [4.78, 5) is 18.0. The van der Waals surface area contributed by atoms with Crippen molar-refractivity contribution in [3.05, 3.63) is 51.8 Å². The van der Waals surface area contributed by atoms with Crippen molar-refractivity contribution in [2.24, 2.45) is 0 Å². The molecule has 1 aliphatic rings. The van der Waals surface area contributed by atoms with E-state index in [-0.39, 0.29) is 23.1 Å². The summed E-state index contributed by atoms with van der Waals surface area (Å²) in [7, 11) is -3.77. The number of ether oxygens (including phenoxy) is 1. The molecule has 0 radical (unpaired) electrons. The van der Waals surface area contributed by atoms with Crippen molar-refractivity contribution in [3.63, 3.8) is 0 Å². The fourth-order valence-corrected chi connectivity index (χ4v) is 4.23. The zero-order valence-corrected chi connectivity index (χ0v) is 15.1. The lowest BCUT2D eigenvalue weighted by atomic mass is 10.1. The Bertz CT molecular complexity index is 889. The van der Waals surface area contributed by atoms with E-state index < -0.39 is 21.1 Å². The molecule has 1 aliphatic heterocycles. The highest BCUT2D eigenvalue weighted by molar-refractivity contribution is 7.89. The van der Waals surface area contributed by atoms with Gasteiger partial charge >= 0.3 is 6.01 Å². The summed E-state index contributed by atoms with van der Waals surface area (Å²) >= 11 is 5.73. The molecule has 2 heterocycles. The normalized spacial score (nSPS) is 18.4. The van der Waals surface area contributed by atoms with Crippen LogP contribution >= 0.6 is 11.6 Å². The molecular formula is C15H15ClN4O5S. The Hall–Kier alpha value is -2.30. The zero-order valence-electron chi connectivity index (χ0n) is 13.5. The van der Waals surface area contributed by atoms with E-state index in [1.54, 1.807) is 0 Å². The predicted octanol–water partition coefficient (Wildman–Crippen LogP) is 2.27. The molecule has 0 spiro atoms. The van der Waals surface area contributed by atoms with Crippen LogP contribution in [0.1, 0.15) is 12.8 Å². The van der Waals surface area contributed by atoms with Gasteiger partial charge in [0.1, 0.15) is 6.10 Å². The molecule has 0 aliphatic carbocycles. The summed E-state index contributed by atoms with van der Waals surface area (Å²) in [6.45, 7) is 0.492. The van der Waals surface area contributed by atoms with Gasteiger partial charge in [0.15, 0.2) is 0 Å². The van der Waals surface area contributed by atoms with Gasteiger partial charge in [0.05, 0.1) is 33.8 Å². The van der Waals surface area contributed by atoms with Crippen molar-refractivity contribution in [1.29, 1.82) is 0 Å². The van der Waals surface area contributed by atoms with Gasteiger partial charge in [-0.05, 0) is 25.0 Å². The molecule has 1 fully saturated rings. The van der Waals surface area contributed by atoms with Crippen LogP contribution in [-0.2, 0) is 10.0 Å². The van der Waals surface area contributed by atoms with Gasteiger partial charge in [0.2, 0.25) is 10.0 Å². The highest BCUT2D eigenvalue weighted by Crippen LogP contribution is 2.24. The SMILES string of the molecule is O=[N+]([O-])c1ccc(S(=O)(=O)N2CCCC(Oc3ncc(Cl)cn3)C2)cc1. The van der Waals surface area contributed by atoms with Crippen LogP contribution in [0.15, 0.2) is 41.6 Å². The number of halogens is 1. The molecule has 0 bridgehead atoms. The van der Waals surface area contributed by atoms with Crippen molar-refractivity contribution in [3.8, 4) is 6.01 Å². The van der Waals surface area contributed by atoms with Gasteiger partial charge in [0.25, 0.3) is 5.69 Å². The number of hydrogen-bond donors (Lipinski definition) is 0. The molecule has 9 nitrogen and oxygen atoms in total.